The highest BCUT2D eigenvalue weighted by Crippen LogP contribution is 2.36. The molecule has 4 heteroatoms. The Bertz CT molecular complexity index is 400. The van der Waals surface area contributed by atoms with Crippen LogP contribution in [0.1, 0.15) is 24.4 Å². The number of hydrogen-bond acceptors (Lipinski definition) is 4. The van der Waals surface area contributed by atoms with Crippen LogP contribution in [-0.4, -0.2) is 25.1 Å². The number of aliphatic hydroxyl groups excluding tert-OH is 1. The number of nitrogens with one attached hydrogen (secondary N) is 1. The Morgan fingerprint density at radius 3 is 2.88 bits per heavy atom. The SMILES string of the molecule is OCC1CCC(c2ccc3c(c2)OCO3)NC1. The third-order valence-electron chi connectivity index (χ3n) is 3.57. The van der Waals surface area contributed by atoms with Gasteiger partial charge >= 0.3 is 0 Å². The lowest BCUT2D eigenvalue weighted by molar-refractivity contribution is 0.173. The Hall–Kier alpha value is -1.26. The Kier molecular flexibility index (Phi) is 2.91. The van der Waals surface area contributed by atoms with E-state index in [0.717, 1.165) is 30.9 Å². The molecule has 0 radical (unpaired) electrons. The lowest BCUT2D eigenvalue weighted by Gasteiger charge is -2.29. The third-order valence-corrected chi connectivity index (χ3v) is 3.57. The number of ether oxygens (including phenoxy) is 2. The van der Waals surface area contributed by atoms with E-state index in [4.69, 9.17) is 14.6 Å². The van der Waals surface area contributed by atoms with E-state index < -0.39 is 0 Å². The lowest BCUT2D eigenvalue weighted by Crippen LogP contribution is -2.34. The molecule has 17 heavy (non-hydrogen) atoms. The van der Waals surface area contributed by atoms with E-state index in [0.29, 0.717) is 18.8 Å². The molecule has 2 heterocycles. The summed E-state index contributed by atoms with van der Waals surface area (Å²) >= 11 is 0. The third kappa shape index (κ3) is 2.10. The number of rotatable bonds is 2. The first kappa shape index (κ1) is 10.9. The van der Waals surface area contributed by atoms with Crippen LogP contribution in [0.3, 0.4) is 0 Å². The predicted octanol–water partition coefficient (Wildman–Crippen LogP) is 1.45. The van der Waals surface area contributed by atoms with E-state index >= 15 is 0 Å². The van der Waals surface area contributed by atoms with Gasteiger partial charge in [-0.25, -0.2) is 0 Å². The zero-order valence-corrected chi connectivity index (χ0v) is 9.69. The van der Waals surface area contributed by atoms with Crippen molar-refractivity contribution in [2.24, 2.45) is 5.92 Å². The largest absolute Gasteiger partial charge is 0.454 e. The molecule has 2 aliphatic rings. The van der Waals surface area contributed by atoms with Gasteiger partial charge in [-0.05, 0) is 36.5 Å². The average molecular weight is 235 g/mol. The summed E-state index contributed by atoms with van der Waals surface area (Å²) in [6.07, 6.45) is 2.13. The van der Waals surface area contributed by atoms with Crippen LogP contribution < -0.4 is 14.8 Å². The van der Waals surface area contributed by atoms with Crippen LogP contribution in [-0.2, 0) is 0 Å². The molecule has 2 aliphatic heterocycles. The van der Waals surface area contributed by atoms with Crippen LogP contribution >= 0.6 is 0 Å². The Labute approximate surface area is 101 Å². The standard InChI is InChI=1S/C13H17NO3/c15-7-9-1-3-11(14-6-9)10-2-4-12-13(5-10)17-8-16-12/h2,4-5,9,11,14-15H,1,3,6-8H2. The average Bonchev–Trinajstić information content (AvgIpc) is 2.86. The number of aliphatic hydroxyl groups is 1. The summed E-state index contributed by atoms with van der Waals surface area (Å²) in [5.74, 6) is 2.08. The number of benzene rings is 1. The van der Waals surface area contributed by atoms with Crippen LogP contribution in [0.5, 0.6) is 11.5 Å². The van der Waals surface area contributed by atoms with Gasteiger partial charge in [0, 0.05) is 19.2 Å². The van der Waals surface area contributed by atoms with Gasteiger partial charge in [0.15, 0.2) is 11.5 Å². The summed E-state index contributed by atoms with van der Waals surface area (Å²) in [5.41, 5.74) is 1.24. The molecule has 2 N–H and O–H groups in total. The second-order valence-electron chi connectivity index (χ2n) is 4.70. The second-order valence-corrected chi connectivity index (χ2v) is 4.70. The number of fused-ring (bicyclic) bond motifs is 1. The van der Waals surface area contributed by atoms with E-state index in [1.165, 1.54) is 5.56 Å². The first-order valence-corrected chi connectivity index (χ1v) is 6.10. The molecule has 2 unspecified atom stereocenters. The summed E-state index contributed by atoms with van der Waals surface area (Å²) in [5, 5.41) is 12.6. The molecular formula is C13H17NO3. The Morgan fingerprint density at radius 2 is 2.12 bits per heavy atom. The summed E-state index contributed by atoms with van der Waals surface area (Å²) in [6.45, 7) is 1.49. The summed E-state index contributed by atoms with van der Waals surface area (Å²) in [7, 11) is 0. The van der Waals surface area contributed by atoms with Gasteiger partial charge in [-0.2, -0.15) is 0 Å². The van der Waals surface area contributed by atoms with E-state index in [1.807, 2.05) is 6.07 Å². The van der Waals surface area contributed by atoms with E-state index in [9.17, 15) is 0 Å². The van der Waals surface area contributed by atoms with Gasteiger partial charge in [0.25, 0.3) is 0 Å². The Balaban J connectivity index is 1.72. The molecule has 1 saturated heterocycles. The minimum atomic E-state index is 0.279. The maximum Gasteiger partial charge on any atom is 0.231 e. The van der Waals surface area contributed by atoms with Crippen molar-refractivity contribution in [2.45, 2.75) is 18.9 Å². The molecule has 0 amide bonds. The van der Waals surface area contributed by atoms with Crippen LogP contribution in [0, 0.1) is 5.92 Å². The van der Waals surface area contributed by atoms with Gasteiger partial charge in [0.05, 0.1) is 0 Å². The highest BCUT2D eigenvalue weighted by atomic mass is 16.7. The number of hydrogen-bond donors (Lipinski definition) is 2. The van der Waals surface area contributed by atoms with Crippen molar-refractivity contribution in [3.05, 3.63) is 23.8 Å². The first-order valence-electron chi connectivity index (χ1n) is 6.10. The molecule has 1 aromatic carbocycles. The topological polar surface area (TPSA) is 50.7 Å². The quantitative estimate of drug-likeness (QED) is 0.814. The van der Waals surface area contributed by atoms with Crippen LogP contribution in [0.2, 0.25) is 0 Å². The van der Waals surface area contributed by atoms with Crippen molar-refractivity contribution in [3.63, 3.8) is 0 Å². The monoisotopic (exact) mass is 235 g/mol. The van der Waals surface area contributed by atoms with Crippen molar-refractivity contribution in [2.75, 3.05) is 19.9 Å². The molecule has 4 nitrogen and oxygen atoms in total. The lowest BCUT2D eigenvalue weighted by atomic mass is 9.91. The van der Waals surface area contributed by atoms with Gasteiger partial charge < -0.3 is 19.9 Å². The molecule has 2 atom stereocenters. The van der Waals surface area contributed by atoms with Crippen molar-refractivity contribution in [1.29, 1.82) is 0 Å². The zero-order chi connectivity index (χ0) is 11.7. The number of piperidine rings is 1. The predicted molar refractivity (Wildman–Crippen MR) is 63.1 cm³/mol. The van der Waals surface area contributed by atoms with Crippen LogP contribution in [0.4, 0.5) is 0 Å². The molecule has 0 aliphatic carbocycles. The molecule has 3 rings (SSSR count). The van der Waals surface area contributed by atoms with E-state index in [2.05, 4.69) is 17.4 Å². The first-order chi connectivity index (χ1) is 8.36. The van der Waals surface area contributed by atoms with E-state index in [1.54, 1.807) is 0 Å². The van der Waals surface area contributed by atoms with Crippen molar-refractivity contribution < 1.29 is 14.6 Å². The molecule has 1 fully saturated rings. The Morgan fingerprint density at radius 1 is 1.24 bits per heavy atom. The van der Waals surface area contributed by atoms with Crippen molar-refractivity contribution in [1.82, 2.24) is 5.32 Å². The van der Waals surface area contributed by atoms with Gasteiger partial charge in [0.1, 0.15) is 0 Å². The highest BCUT2D eigenvalue weighted by molar-refractivity contribution is 5.45. The molecule has 0 aromatic heterocycles. The fourth-order valence-electron chi connectivity index (χ4n) is 2.49. The van der Waals surface area contributed by atoms with Gasteiger partial charge in [-0.1, -0.05) is 6.07 Å². The maximum atomic E-state index is 9.10. The molecular weight excluding hydrogens is 218 g/mol. The minimum Gasteiger partial charge on any atom is -0.454 e. The zero-order valence-electron chi connectivity index (χ0n) is 9.69. The summed E-state index contributed by atoms with van der Waals surface area (Å²) in [4.78, 5) is 0. The van der Waals surface area contributed by atoms with Crippen LogP contribution in [0.25, 0.3) is 0 Å². The maximum absolute atomic E-state index is 9.10. The molecule has 0 bridgehead atoms. The van der Waals surface area contributed by atoms with Gasteiger partial charge in [-0.3, -0.25) is 0 Å². The molecule has 0 saturated carbocycles. The smallest absolute Gasteiger partial charge is 0.231 e. The van der Waals surface area contributed by atoms with E-state index in [-0.39, 0.29) is 6.61 Å². The summed E-state index contributed by atoms with van der Waals surface area (Å²) in [6, 6.07) is 6.48. The molecule has 0 spiro atoms. The van der Waals surface area contributed by atoms with Gasteiger partial charge in [0.2, 0.25) is 6.79 Å². The molecule has 92 valence electrons. The normalized spacial score (nSPS) is 27.1. The van der Waals surface area contributed by atoms with Crippen molar-refractivity contribution in [3.8, 4) is 11.5 Å². The highest BCUT2D eigenvalue weighted by Gasteiger charge is 2.23. The fourth-order valence-corrected chi connectivity index (χ4v) is 2.49. The summed E-state index contributed by atoms with van der Waals surface area (Å²) < 4.78 is 10.7. The fraction of sp³-hybridized carbons (Fsp3) is 0.538. The van der Waals surface area contributed by atoms with Crippen molar-refractivity contribution >= 4 is 0 Å². The van der Waals surface area contributed by atoms with Crippen LogP contribution in [0.15, 0.2) is 18.2 Å². The minimum absolute atomic E-state index is 0.279. The van der Waals surface area contributed by atoms with Gasteiger partial charge in [-0.15, -0.1) is 0 Å². The second kappa shape index (κ2) is 4.55. The molecule has 1 aromatic rings.